The molecule has 0 fully saturated rings. The predicted octanol–water partition coefficient (Wildman–Crippen LogP) is 2.55. The van der Waals surface area contributed by atoms with Crippen LogP contribution >= 0.6 is 0 Å². The number of benzene rings is 1. The first-order valence-corrected chi connectivity index (χ1v) is 4.80. The summed E-state index contributed by atoms with van der Waals surface area (Å²) in [6.45, 7) is 6.17. The van der Waals surface area contributed by atoms with Gasteiger partial charge < -0.3 is 5.11 Å². The minimum Gasteiger partial charge on any atom is -0.396 e. The molecule has 0 aliphatic heterocycles. The Hall–Kier alpha value is -0.820. The maximum Gasteiger partial charge on any atom is 0.0499 e. The van der Waals surface area contributed by atoms with E-state index in [2.05, 4.69) is 26.0 Å². The summed E-state index contributed by atoms with van der Waals surface area (Å²) < 4.78 is 0. The molecule has 1 N–H and O–H groups in total. The van der Waals surface area contributed by atoms with Gasteiger partial charge in [0.05, 0.1) is 0 Å². The largest absolute Gasteiger partial charge is 0.396 e. The summed E-state index contributed by atoms with van der Waals surface area (Å²) in [5.41, 5.74) is 2.47. The van der Waals surface area contributed by atoms with Gasteiger partial charge in [0.1, 0.15) is 0 Å². The van der Waals surface area contributed by atoms with Crippen molar-refractivity contribution >= 4 is 0 Å². The van der Waals surface area contributed by atoms with Crippen molar-refractivity contribution in [3.8, 4) is 0 Å². The van der Waals surface area contributed by atoms with Crippen molar-refractivity contribution in [2.24, 2.45) is 0 Å². The van der Waals surface area contributed by atoms with Gasteiger partial charge in [-0.3, -0.25) is 0 Å². The van der Waals surface area contributed by atoms with Crippen LogP contribution in [0.1, 0.15) is 30.4 Å². The number of aliphatic hydroxyl groups is 1. The van der Waals surface area contributed by atoms with Crippen molar-refractivity contribution in [2.45, 2.75) is 25.7 Å². The molecule has 0 saturated carbocycles. The quantitative estimate of drug-likeness (QED) is 0.749. The summed E-state index contributed by atoms with van der Waals surface area (Å²) in [7, 11) is 0. The van der Waals surface area contributed by atoms with Crippen molar-refractivity contribution in [3.63, 3.8) is 0 Å². The second kappa shape index (κ2) is 5.03. The zero-order chi connectivity index (χ0) is 9.68. The van der Waals surface area contributed by atoms with Gasteiger partial charge in [-0.05, 0) is 24.5 Å². The second-order valence-electron chi connectivity index (χ2n) is 3.37. The molecule has 0 heterocycles. The predicted molar refractivity (Wildman–Crippen MR) is 55.6 cm³/mol. The fourth-order valence-corrected chi connectivity index (χ4v) is 1.40. The standard InChI is InChI=1S/C12H17O/c1-3-5-11-6-4-7-12(8-11)10(2)9-13/h4,6-8,10,13H,2-3,5,9H2,1H3. The first-order valence-electron chi connectivity index (χ1n) is 4.80. The van der Waals surface area contributed by atoms with Crippen LogP contribution in [0.2, 0.25) is 0 Å². The van der Waals surface area contributed by atoms with Crippen LogP contribution in [0.4, 0.5) is 0 Å². The Labute approximate surface area is 80.4 Å². The maximum atomic E-state index is 8.95. The molecule has 0 spiro atoms. The van der Waals surface area contributed by atoms with Crippen LogP contribution in [0.25, 0.3) is 0 Å². The summed E-state index contributed by atoms with van der Waals surface area (Å²) in [4.78, 5) is 0. The molecule has 1 aromatic carbocycles. The van der Waals surface area contributed by atoms with E-state index in [4.69, 9.17) is 5.11 Å². The van der Waals surface area contributed by atoms with Crippen molar-refractivity contribution in [2.75, 3.05) is 6.61 Å². The Kier molecular flexibility index (Phi) is 3.97. The van der Waals surface area contributed by atoms with Crippen molar-refractivity contribution < 1.29 is 5.11 Å². The van der Waals surface area contributed by atoms with E-state index in [1.807, 2.05) is 12.1 Å². The molecule has 1 aromatic rings. The lowest BCUT2D eigenvalue weighted by Crippen LogP contribution is -1.99. The number of hydrogen-bond donors (Lipinski definition) is 1. The Balaban J connectivity index is 2.78. The molecule has 0 saturated heterocycles. The number of aryl methyl sites for hydroxylation is 1. The van der Waals surface area contributed by atoms with Gasteiger partial charge >= 0.3 is 0 Å². The molecule has 1 heteroatoms. The average molecular weight is 177 g/mol. The molecule has 0 amide bonds. The van der Waals surface area contributed by atoms with Gasteiger partial charge in [-0.25, -0.2) is 0 Å². The van der Waals surface area contributed by atoms with Gasteiger partial charge in [0.25, 0.3) is 0 Å². The van der Waals surface area contributed by atoms with E-state index < -0.39 is 0 Å². The normalized spacial score (nSPS) is 12.8. The zero-order valence-corrected chi connectivity index (χ0v) is 8.16. The number of hydrogen-bond acceptors (Lipinski definition) is 1. The highest BCUT2D eigenvalue weighted by Crippen LogP contribution is 2.16. The third-order valence-electron chi connectivity index (χ3n) is 2.18. The summed E-state index contributed by atoms with van der Waals surface area (Å²) in [6.07, 6.45) is 2.26. The molecule has 1 nitrogen and oxygen atoms in total. The van der Waals surface area contributed by atoms with Gasteiger partial charge in [0.15, 0.2) is 0 Å². The SMILES string of the molecule is [CH2]C(CO)c1cccc(CCC)c1. The van der Waals surface area contributed by atoms with Crippen LogP contribution in [0.15, 0.2) is 24.3 Å². The van der Waals surface area contributed by atoms with E-state index in [1.54, 1.807) is 0 Å². The topological polar surface area (TPSA) is 20.2 Å². The average Bonchev–Trinajstić information content (AvgIpc) is 2.18. The molecule has 0 aliphatic rings. The Morgan fingerprint density at radius 1 is 1.46 bits per heavy atom. The lowest BCUT2D eigenvalue weighted by Gasteiger charge is -2.09. The smallest absolute Gasteiger partial charge is 0.0499 e. The molecule has 1 unspecified atom stereocenters. The van der Waals surface area contributed by atoms with Crippen LogP contribution < -0.4 is 0 Å². The minimum absolute atomic E-state index is 0.0109. The van der Waals surface area contributed by atoms with E-state index >= 15 is 0 Å². The van der Waals surface area contributed by atoms with Crippen LogP contribution in [0.5, 0.6) is 0 Å². The molecule has 1 atom stereocenters. The first-order chi connectivity index (χ1) is 6.27. The molecular weight excluding hydrogens is 160 g/mol. The number of aliphatic hydroxyl groups excluding tert-OH is 1. The molecule has 71 valence electrons. The fraction of sp³-hybridized carbons (Fsp3) is 0.417. The fourth-order valence-electron chi connectivity index (χ4n) is 1.40. The van der Waals surface area contributed by atoms with Gasteiger partial charge in [-0.1, -0.05) is 37.6 Å². The molecule has 13 heavy (non-hydrogen) atoms. The molecular formula is C12H17O. The Morgan fingerprint density at radius 2 is 2.23 bits per heavy atom. The lowest BCUT2D eigenvalue weighted by molar-refractivity contribution is 0.282. The molecule has 0 aliphatic carbocycles. The zero-order valence-electron chi connectivity index (χ0n) is 8.16. The summed E-state index contributed by atoms with van der Waals surface area (Å²) in [5.74, 6) is 0.0109. The molecule has 0 bridgehead atoms. The molecule has 0 aromatic heterocycles. The highest BCUT2D eigenvalue weighted by molar-refractivity contribution is 5.27. The van der Waals surface area contributed by atoms with E-state index in [0.717, 1.165) is 18.4 Å². The summed E-state index contributed by atoms with van der Waals surface area (Å²) >= 11 is 0. The summed E-state index contributed by atoms with van der Waals surface area (Å²) in [5, 5.41) is 8.95. The van der Waals surface area contributed by atoms with Crippen LogP contribution in [-0.4, -0.2) is 11.7 Å². The third-order valence-corrected chi connectivity index (χ3v) is 2.18. The van der Waals surface area contributed by atoms with E-state index in [-0.39, 0.29) is 12.5 Å². The second-order valence-corrected chi connectivity index (χ2v) is 3.37. The monoisotopic (exact) mass is 177 g/mol. The van der Waals surface area contributed by atoms with Gasteiger partial charge in [0, 0.05) is 12.5 Å². The van der Waals surface area contributed by atoms with Gasteiger partial charge in [0.2, 0.25) is 0 Å². The van der Waals surface area contributed by atoms with Gasteiger partial charge in [-0.2, -0.15) is 0 Å². The van der Waals surface area contributed by atoms with Crippen molar-refractivity contribution in [1.82, 2.24) is 0 Å². The molecule has 1 rings (SSSR count). The van der Waals surface area contributed by atoms with E-state index in [0.29, 0.717) is 0 Å². The Bertz CT molecular complexity index is 255. The maximum absolute atomic E-state index is 8.95. The highest BCUT2D eigenvalue weighted by atomic mass is 16.3. The lowest BCUT2D eigenvalue weighted by atomic mass is 9.98. The van der Waals surface area contributed by atoms with E-state index in [1.165, 1.54) is 5.56 Å². The highest BCUT2D eigenvalue weighted by Gasteiger charge is 2.03. The van der Waals surface area contributed by atoms with Crippen LogP contribution in [0.3, 0.4) is 0 Å². The molecule has 1 radical (unpaired) electrons. The van der Waals surface area contributed by atoms with Crippen molar-refractivity contribution in [1.29, 1.82) is 0 Å². The first kappa shape index (κ1) is 10.3. The minimum atomic E-state index is 0.0109. The van der Waals surface area contributed by atoms with Crippen LogP contribution in [0, 0.1) is 6.92 Å². The van der Waals surface area contributed by atoms with Crippen LogP contribution in [-0.2, 0) is 6.42 Å². The summed E-state index contributed by atoms with van der Waals surface area (Å²) in [6, 6.07) is 8.32. The Morgan fingerprint density at radius 3 is 2.85 bits per heavy atom. The number of rotatable bonds is 4. The third kappa shape index (κ3) is 2.85. The van der Waals surface area contributed by atoms with Gasteiger partial charge in [-0.15, -0.1) is 0 Å². The van der Waals surface area contributed by atoms with Crippen molar-refractivity contribution in [3.05, 3.63) is 42.3 Å². The van der Waals surface area contributed by atoms with E-state index in [9.17, 15) is 0 Å².